The highest BCUT2D eigenvalue weighted by Gasteiger charge is 2.17. The molecule has 3 N–H and O–H groups in total. The van der Waals surface area contributed by atoms with Crippen molar-refractivity contribution < 1.29 is 4.79 Å². The second-order valence-electron chi connectivity index (χ2n) is 4.48. The Bertz CT molecular complexity index is 609. The number of carbonyl (C=O) groups excluding carboxylic acids is 1. The summed E-state index contributed by atoms with van der Waals surface area (Å²) in [5.41, 5.74) is 10.7. The lowest BCUT2D eigenvalue weighted by Gasteiger charge is -2.03. The third-order valence-corrected chi connectivity index (χ3v) is 3.68. The molecule has 1 aromatic carbocycles. The fourth-order valence-electron chi connectivity index (χ4n) is 1.96. The maximum atomic E-state index is 12.4. The predicted octanol–water partition coefficient (Wildman–Crippen LogP) is 3.52. The van der Waals surface area contributed by atoms with E-state index in [1.54, 1.807) is 18.2 Å². The summed E-state index contributed by atoms with van der Waals surface area (Å²) >= 11 is 3.35. The van der Waals surface area contributed by atoms with Crippen LogP contribution in [0.3, 0.4) is 0 Å². The number of carbonyl (C=O) groups is 1. The zero-order valence-corrected chi connectivity index (χ0v) is 12.2. The fraction of sp³-hybridized carbons (Fsp3) is 0.214. The highest BCUT2D eigenvalue weighted by Crippen LogP contribution is 2.23. The molecule has 0 spiro atoms. The molecule has 18 heavy (non-hydrogen) atoms. The Kier molecular flexibility index (Phi) is 3.30. The van der Waals surface area contributed by atoms with Gasteiger partial charge >= 0.3 is 0 Å². The third kappa shape index (κ3) is 2.20. The van der Waals surface area contributed by atoms with Gasteiger partial charge in [-0.1, -0.05) is 15.9 Å². The summed E-state index contributed by atoms with van der Waals surface area (Å²) in [5, 5.41) is 0. The molecule has 0 saturated heterocycles. The zero-order chi connectivity index (χ0) is 13.4. The van der Waals surface area contributed by atoms with Crippen LogP contribution in [0.15, 0.2) is 22.7 Å². The number of nitrogen functional groups attached to an aromatic ring is 1. The largest absolute Gasteiger partial charge is 0.399 e. The predicted molar refractivity (Wildman–Crippen MR) is 77.0 cm³/mol. The number of benzene rings is 1. The summed E-state index contributed by atoms with van der Waals surface area (Å²) in [5.74, 6) is -0.0308. The number of ketones is 1. The molecule has 94 valence electrons. The van der Waals surface area contributed by atoms with E-state index in [1.807, 2.05) is 20.8 Å². The van der Waals surface area contributed by atoms with Gasteiger partial charge in [-0.05, 0) is 50.1 Å². The van der Waals surface area contributed by atoms with Crippen LogP contribution in [0.1, 0.15) is 32.9 Å². The van der Waals surface area contributed by atoms with E-state index >= 15 is 0 Å². The molecule has 1 heterocycles. The first-order chi connectivity index (χ1) is 8.40. The van der Waals surface area contributed by atoms with Crippen molar-refractivity contribution in [2.45, 2.75) is 20.8 Å². The van der Waals surface area contributed by atoms with E-state index in [0.29, 0.717) is 16.9 Å². The van der Waals surface area contributed by atoms with Crippen LogP contribution >= 0.6 is 15.9 Å². The van der Waals surface area contributed by atoms with Gasteiger partial charge < -0.3 is 10.7 Å². The second-order valence-corrected chi connectivity index (χ2v) is 5.39. The number of aromatic amines is 1. The number of nitrogens with two attached hydrogens (primary N) is 1. The van der Waals surface area contributed by atoms with Crippen molar-refractivity contribution in [1.82, 2.24) is 4.98 Å². The molecule has 3 nitrogen and oxygen atoms in total. The molecule has 0 fully saturated rings. The number of nitrogens with one attached hydrogen (secondary N) is 1. The quantitative estimate of drug-likeness (QED) is 0.659. The Morgan fingerprint density at radius 2 is 1.83 bits per heavy atom. The molecule has 0 radical (unpaired) electrons. The first kappa shape index (κ1) is 12.9. The van der Waals surface area contributed by atoms with E-state index in [0.717, 1.165) is 21.3 Å². The van der Waals surface area contributed by atoms with E-state index in [9.17, 15) is 4.79 Å². The van der Waals surface area contributed by atoms with E-state index in [-0.39, 0.29) is 5.78 Å². The van der Waals surface area contributed by atoms with E-state index in [1.165, 1.54) is 0 Å². The van der Waals surface area contributed by atoms with Crippen molar-refractivity contribution in [3.8, 4) is 0 Å². The maximum absolute atomic E-state index is 12.4. The topological polar surface area (TPSA) is 58.9 Å². The molecular weight excluding hydrogens is 292 g/mol. The van der Waals surface area contributed by atoms with Crippen LogP contribution in [0.4, 0.5) is 5.69 Å². The van der Waals surface area contributed by atoms with Gasteiger partial charge in [-0.15, -0.1) is 0 Å². The number of hydrogen-bond acceptors (Lipinski definition) is 2. The van der Waals surface area contributed by atoms with E-state index in [2.05, 4.69) is 20.9 Å². The van der Waals surface area contributed by atoms with Crippen molar-refractivity contribution >= 4 is 27.4 Å². The Morgan fingerprint density at radius 1 is 1.17 bits per heavy atom. The van der Waals surface area contributed by atoms with E-state index < -0.39 is 0 Å². The number of aromatic nitrogens is 1. The molecule has 0 atom stereocenters. The Morgan fingerprint density at radius 3 is 2.33 bits per heavy atom. The van der Waals surface area contributed by atoms with Gasteiger partial charge in [0.1, 0.15) is 0 Å². The van der Waals surface area contributed by atoms with Crippen molar-refractivity contribution in [3.05, 3.63) is 50.8 Å². The van der Waals surface area contributed by atoms with Crippen LogP contribution in [0.5, 0.6) is 0 Å². The van der Waals surface area contributed by atoms with Crippen LogP contribution in [0, 0.1) is 20.8 Å². The molecule has 1 aromatic heterocycles. The Balaban J connectivity index is 2.51. The summed E-state index contributed by atoms with van der Waals surface area (Å²) in [6.07, 6.45) is 0. The van der Waals surface area contributed by atoms with Gasteiger partial charge in [0, 0.05) is 21.4 Å². The minimum atomic E-state index is -0.0308. The monoisotopic (exact) mass is 306 g/mol. The summed E-state index contributed by atoms with van der Waals surface area (Å²) < 4.78 is 0.809. The number of rotatable bonds is 2. The van der Waals surface area contributed by atoms with Crippen LogP contribution in [-0.4, -0.2) is 10.8 Å². The summed E-state index contributed by atoms with van der Waals surface area (Å²) in [6.45, 7) is 5.93. The summed E-state index contributed by atoms with van der Waals surface area (Å²) in [6, 6.07) is 5.25. The number of hydrogen-bond donors (Lipinski definition) is 2. The zero-order valence-electron chi connectivity index (χ0n) is 10.6. The minimum Gasteiger partial charge on any atom is -0.399 e. The highest BCUT2D eigenvalue weighted by atomic mass is 79.9. The average Bonchev–Trinajstić information content (AvgIpc) is 2.55. The van der Waals surface area contributed by atoms with Crippen molar-refractivity contribution in [2.24, 2.45) is 0 Å². The molecule has 0 saturated carbocycles. The van der Waals surface area contributed by atoms with Gasteiger partial charge in [0.25, 0.3) is 0 Å². The van der Waals surface area contributed by atoms with Gasteiger partial charge in [0.2, 0.25) is 5.78 Å². The van der Waals surface area contributed by atoms with Crippen LogP contribution in [-0.2, 0) is 0 Å². The van der Waals surface area contributed by atoms with Gasteiger partial charge in [0.15, 0.2) is 0 Å². The third-order valence-electron chi connectivity index (χ3n) is 3.22. The van der Waals surface area contributed by atoms with Crippen LogP contribution in [0.25, 0.3) is 0 Å². The lowest BCUT2D eigenvalue weighted by molar-refractivity contribution is 0.103. The standard InChI is InChI=1S/C14H15BrN2O/c1-7-8(2)13(17-9(7)3)14(18)10-4-11(15)6-12(16)5-10/h4-6,17H,16H2,1-3H3. The highest BCUT2D eigenvalue weighted by molar-refractivity contribution is 9.10. The molecule has 2 aromatic rings. The number of halogens is 1. The molecule has 0 unspecified atom stereocenters. The smallest absolute Gasteiger partial charge is 0.209 e. The van der Waals surface area contributed by atoms with Crippen molar-refractivity contribution in [2.75, 3.05) is 5.73 Å². The second kappa shape index (κ2) is 4.61. The molecule has 2 rings (SSSR count). The van der Waals surface area contributed by atoms with Gasteiger partial charge in [-0.2, -0.15) is 0 Å². The first-order valence-corrected chi connectivity index (χ1v) is 6.46. The first-order valence-electron chi connectivity index (χ1n) is 5.66. The van der Waals surface area contributed by atoms with E-state index in [4.69, 9.17) is 5.73 Å². The van der Waals surface area contributed by atoms with Gasteiger partial charge in [-0.25, -0.2) is 0 Å². The van der Waals surface area contributed by atoms with Gasteiger partial charge in [-0.3, -0.25) is 4.79 Å². The minimum absolute atomic E-state index is 0.0308. The lowest BCUT2D eigenvalue weighted by Crippen LogP contribution is -2.04. The van der Waals surface area contributed by atoms with Crippen molar-refractivity contribution in [3.63, 3.8) is 0 Å². The Labute approximate surface area is 115 Å². The van der Waals surface area contributed by atoms with Crippen LogP contribution < -0.4 is 5.73 Å². The molecule has 0 aliphatic rings. The number of anilines is 1. The average molecular weight is 307 g/mol. The molecule has 4 heteroatoms. The Hall–Kier alpha value is -1.55. The molecule has 0 amide bonds. The fourth-order valence-corrected chi connectivity index (χ4v) is 2.47. The number of aryl methyl sites for hydroxylation is 1. The maximum Gasteiger partial charge on any atom is 0.209 e. The SMILES string of the molecule is Cc1[nH]c(C(=O)c2cc(N)cc(Br)c2)c(C)c1C. The van der Waals surface area contributed by atoms with Crippen LogP contribution in [0.2, 0.25) is 0 Å². The molecule has 0 aliphatic heterocycles. The summed E-state index contributed by atoms with van der Waals surface area (Å²) in [4.78, 5) is 15.6. The van der Waals surface area contributed by atoms with Gasteiger partial charge in [0.05, 0.1) is 5.69 Å². The normalized spacial score (nSPS) is 10.7. The molecule has 0 bridgehead atoms. The number of H-pyrrole nitrogens is 1. The summed E-state index contributed by atoms with van der Waals surface area (Å²) in [7, 11) is 0. The lowest BCUT2D eigenvalue weighted by atomic mass is 10.0. The molecular formula is C14H15BrN2O. The molecule has 0 aliphatic carbocycles. The van der Waals surface area contributed by atoms with Crippen molar-refractivity contribution in [1.29, 1.82) is 0 Å².